The lowest BCUT2D eigenvalue weighted by molar-refractivity contribution is 0.298. The molecule has 20 heavy (non-hydrogen) atoms. The van der Waals surface area contributed by atoms with Crippen LogP contribution in [0.2, 0.25) is 0 Å². The Morgan fingerprint density at radius 3 is 2.70 bits per heavy atom. The van der Waals surface area contributed by atoms with Crippen LogP contribution in [0.1, 0.15) is 33.1 Å². The second-order valence-electron chi connectivity index (χ2n) is 5.35. The maximum atomic E-state index is 5.84. The van der Waals surface area contributed by atoms with Crippen molar-refractivity contribution in [3.8, 4) is 5.75 Å². The predicted octanol–water partition coefficient (Wildman–Crippen LogP) is 4.39. The van der Waals surface area contributed by atoms with Crippen molar-refractivity contribution in [2.24, 2.45) is 0 Å². The monoisotopic (exact) mass is 271 g/mol. The molecule has 0 aliphatic heterocycles. The van der Waals surface area contributed by atoms with E-state index in [1.54, 1.807) is 0 Å². The first-order valence-electron chi connectivity index (χ1n) is 7.64. The average molecular weight is 271 g/mol. The van der Waals surface area contributed by atoms with Gasteiger partial charge in [-0.3, -0.25) is 0 Å². The molecule has 1 unspecified atom stereocenters. The third-order valence-corrected chi connectivity index (χ3v) is 3.51. The van der Waals surface area contributed by atoms with Gasteiger partial charge in [0.25, 0.3) is 0 Å². The van der Waals surface area contributed by atoms with Crippen molar-refractivity contribution in [1.82, 2.24) is 5.32 Å². The molecule has 0 fully saturated rings. The van der Waals surface area contributed by atoms with Gasteiger partial charge in [0, 0.05) is 6.04 Å². The molecule has 0 amide bonds. The van der Waals surface area contributed by atoms with Gasteiger partial charge in [-0.2, -0.15) is 0 Å². The molecule has 2 nitrogen and oxygen atoms in total. The first kappa shape index (κ1) is 14.9. The van der Waals surface area contributed by atoms with Crippen molar-refractivity contribution in [3.05, 3.63) is 42.5 Å². The molecular weight excluding hydrogens is 246 g/mol. The Labute approximate surface area is 122 Å². The van der Waals surface area contributed by atoms with Crippen molar-refractivity contribution < 1.29 is 4.74 Å². The first-order chi connectivity index (χ1) is 9.79. The Hall–Kier alpha value is -1.54. The van der Waals surface area contributed by atoms with Gasteiger partial charge >= 0.3 is 0 Å². The quantitative estimate of drug-likeness (QED) is 0.719. The number of benzene rings is 2. The van der Waals surface area contributed by atoms with Crippen LogP contribution in [0.15, 0.2) is 42.5 Å². The lowest BCUT2D eigenvalue weighted by Crippen LogP contribution is -2.26. The van der Waals surface area contributed by atoms with E-state index in [1.165, 1.54) is 17.2 Å². The SMILES string of the molecule is CCCNC(C)CCCOc1ccc2ccccc2c1. The summed E-state index contributed by atoms with van der Waals surface area (Å²) in [6.07, 6.45) is 3.44. The van der Waals surface area contributed by atoms with Crippen LogP contribution >= 0.6 is 0 Å². The Kier molecular flexibility index (Phi) is 5.87. The third-order valence-electron chi connectivity index (χ3n) is 3.51. The standard InChI is InChI=1S/C18H25NO/c1-3-12-19-15(2)7-6-13-20-18-11-10-16-8-4-5-9-17(16)14-18/h4-5,8-11,14-15,19H,3,6-7,12-13H2,1-2H3. The van der Waals surface area contributed by atoms with Crippen LogP contribution in [0.5, 0.6) is 5.75 Å². The molecule has 108 valence electrons. The van der Waals surface area contributed by atoms with Crippen molar-refractivity contribution >= 4 is 10.8 Å². The molecule has 0 bridgehead atoms. The van der Waals surface area contributed by atoms with E-state index < -0.39 is 0 Å². The molecule has 0 spiro atoms. The zero-order valence-corrected chi connectivity index (χ0v) is 12.6. The van der Waals surface area contributed by atoms with Crippen molar-refractivity contribution in [1.29, 1.82) is 0 Å². The molecule has 2 heteroatoms. The average Bonchev–Trinajstić information content (AvgIpc) is 2.49. The summed E-state index contributed by atoms with van der Waals surface area (Å²) in [6, 6.07) is 15.3. The summed E-state index contributed by atoms with van der Waals surface area (Å²) < 4.78 is 5.84. The molecule has 2 aromatic carbocycles. The Morgan fingerprint density at radius 1 is 1.10 bits per heavy atom. The molecule has 1 N–H and O–H groups in total. The molecular formula is C18H25NO. The number of fused-ring (bicyclic) bond motifs is 1. The third kappa shape index (κ3) is 4.53. The zero-order valence-electron chi connectivity index (χ0n) is 12.6. The minimum atomic E-state index is 0.579. The first-order valence-corrected chi connectivity index (χ1v) is 7.64. The van der Waals surface area contributed by atoms with E-state index >= 15 is 0 Å². The second kappa shape index (κ2) is 7.91. The fraction of sp³-hybridized carbons (Fsp3) is 0.444. The summed E-state index contributed by atoms with van der Waals surface area (Å²) >= 11 is 0. The topological polar surface area (TPSA) is 21.3 Å². The summed E-state index contributed by atoms with van der Waals surface area (Å²) in [4.78, 5) is 0. The van der Waals surface area contributed by atoms with Gasteiger partial charge in [0.15, 0.2) is 0 Å². The van der Waals surface area contributed by atoms with E-state index in [1.807, 2.05) is 0 Å². The van der Waals surface area contributed by atoms with E-state index in [9.17, 15) is 0 Å². The maximum Gasteiger partial charge on any atom is 0.119 e. The normalized spacial score (nSPS) is 12.5. The summed E-state index contributed by atoms with van der Waals surface area (Å²) in [5.74, 6) is 0.970. The molecule has 0 radical (unpaired) electrons. The molecule has 0 heterocycles. The van der Waals surface area contributed by atoms with Crippen LogP contribution in [-0.2, 0) is 0 Å². The minimum absolute atomic E-state index is 0.579. The molecule has 1 atom stereocenters. The van der Waals surface area contributed by atoms with Crippen molar-refractivity contribution in [3.63, 3.8) is 0 Å². The molecule has 2 rings (SSSR count). The Balaban J connectivity index is 1.75. The van der Waals surface area contributed by atoms with Crippen molar-refractivity contribution in [2.75, 3.05) is 13.2 Å². The van der Waals surface area contributed by atoms with Gasteiger partial charge < -0.3 is 10.1 Å². The van der Waals surface area contributed by atoms with E-state index in [0.717, 1.165) is 31.7 Å². The van der Waals surface area contributed by atoms with Gasteiger partial charge in [-0.1, -0.05) is 37.3 Å². The largest absolute Gasteiger partial charge is 0.494 e. The van der Waals surface area contributed by atoms with Gasteiger partial charge in [-0.15, -0.1) is 0 Å². The van der Waals surface area contributed by atoms with Crippen LogP contribution in [0.3, 0.4) is 0 Å². The van der Waals surface area contributed by atoms with Gasteiger partial charge in [-0.25, -0.2) is 0 Å². The molecule has 0 aliphatic carbocycles. The number of hydrogen-bond donors (Lipinski definition) is 1. The number of ether oxygens (including phenoxy) is 1. The summed E-state index contributed by atoms with van der Waals surface area (Å²) in [5, 5.41) is 6.00. The predicted molar refractivity (Wildman–Crippen MR) is 86.4 cm³/mol. The fourth-order valence-electron chi connectivity index (χ4n) is 2.33. The van der Waals surface area contributed by atoms with E-state index in [4.69, 9.17) is 4.74 Å². The lowest BCUT2D eigenvalue weighted by Gasteiger charge is -2.13. The summed E-state index contributed by atoms with van der Waals surface area (Å²) in [7, 11) is 0. The van der Waals surface area contributed by atoms with Gasteiger partial charge in [-0.05, 0) is 55.6 Å². The van der Waals surface area contributed by atoms with Crippen LogP contribution < -0.4 is 10.1 Å². The van der Waals surface area contributed by atoms with E-state index in [2.05, 4.69) is 61.6 Å². The van der Waals surface area contributed by atoms with Crippen LogP contribution in [0.4, 0.5) is 0 Å². The van der Waals surface area contributed by atoms with Crippen molar-refractivity contribution in [2.45, 2.75) is 39.2 Å². The molecule has 0 aliphatic rings. The minimum Gasteiger partial charge on any atom is -0.494 e. The van der Waals surface area contributed by atoms with E-state index in [0.29, 0.717) is 6.04 Å². The number of nitrogens with one attached hydrogen (secondary N) is 1. The highest BCUT2D eigenvalue weighted by molar-refractivity contribution is 5.83. The highest BCUT2D eigenvalue weighted by Crippen LogP contribution is 2.20. The molecule has 0 saturated carbocycles. The highest BCUT2D eigenvalue weighted by atomic mass is 16.5. The zero-order chi connectivity index (χ0) is 14.2. The molecule has 0 saturated heterocycles. The van der Waals surface area contributed by atoms with Gasteiger partial charge in [0.1, 0.15) is 5.75 Å². The number of rotatable bonds is 8. The highest BCUT2D eigenvalue weighted by Gasteiger charge is 2.01. The van der Waals surface area contributed by atoms with Crippen LogP contribution in [0, 0.1) is 0 Å². The summed E-state index contributed by atoms with van der Waals surface area (Å²) in [5.41, 5.74) is 0. The Morgan fingerprint density at radius 2 is 1.90 bits per heavy atom. The maximum absolute atomic E-state index is 5.84. The van der Waals surface area contributed by atoms with Gasteiger partial charge in [0.05, 0.1) is 6.61 Å². The molecule has 2 aromatic rings. The van der Waals surface area contributed by atoms with Crippen LogP contribution in [-0.4, -0.2) is 19.2 Å². The Bertz CT molecular complexity index is 524. The smallest absolute Gasteiger partial charge is 0.119 e. The summed E-state index contributed by atoms with van der Waals surface area (Å²) in [6.45, 7) is 6.33. The van der Waals surface area contributed by atoms with Gasteiger partial charge in [0.2, 0.25) is 0 Å². The van der Waals surface area contributed by atoms with E-state index in [-0.39, 0.29) is 0 Å². The van der Waals surface area contributed by atoms with Crippen LogP contribution in [0.25, 0.3) is 10.8 Å². The second-order valence-corrected chi connectivity index (χ2v) is 5.35. The lowest BCUT2D eigenvalue weighted by atomic mass is 10.1. The number of hydrogen-bond acceptors (Lipinski definition) is 2. The molecule has 0 aromatic heterocycles. The fourth-order valence-corrected chi connectivity index (χ4v) is 2.33.